The molecule has 6 nitrogen and oxygen atoms in total. The monoisotopic (exact) mass is 332 g/mol. The second-order valence-electron chi connectivity index (χ2n) is 5.12. The Morgan fingerprint density at radius 1 is 1.43 bits per heavy atom. The highest BCUT2D eigenvalue weighted by Crippen LogP contribution is 2.27. The number of nitrogens with one attached hydrogen (secondary N) is 1. The normalized spacial score (nSPS) is 11.1. The van der Waals surface area contributed by atoms with E-state index in [2.05, 4.69) is 14.7 Å². The first-order valence-corrected chi connectivity index (χ1v) is 8.03. The molecule has 0 spiro atoms. The average molecular weight is 332 g/mol. The standard InChI is InChI=1S/C16H16N2O4S/c1-4-10-8(2)23-15-13(10)14(19)17-12(18-15)7-9-5-6-11(22-9)16(20)21-3/h5-6H,4,7H2,1-3H3,(H,17,18,19). The number of aromatic nitrogens is 2. The van der Waals surface area contributed by atoms with Crippen LogP contribution in [0.2, 0.25) is 0 Å². The molecule has 120 valence electrons. The van der Waals surface area contributed by atoms with Gasteiger partial charge in [-0.15, -0.1) is 11.3 Å². The number of carbonyl (C=O) groups excluding carboxylic acids is 1. The molecule has 0 saturated heterocycles. The van der Waals surface area contributed by atoms with Gasteiger partial charge in [0.2, 0.25) is 5.76 Å². The first-order valence-electron chi connectivity index (χ1n) is 7.21. The van der Waals surface area contributed by atoms with E-state index in [1.54, 1.807) is 12.1 Å². The van der Waals surface area contributed by atoms with Gasteiger partial charge in [-0.3, -0.25) is 4.79 Å². The van der Waals surface area contributed by atoms with Crippen molar-refractivity contribution in [3.8, 4) is 0 Å². The molecule has 0 aliphatic heterocycles. The summed E-state index contributed by atoms with van der Waals surface area (Å²) < 4.78 is 10.0. The molecule has 3 rings (SSSR count). The average Bonchev–Trinajstić information content (AvgIpc) is 3.10. The van der Waals surface area contributed by atoms with Crippen molar-refractivity contribution in [3.63, 3.8) is 0 Å². The highest BCUT2D eigenvalue weighted by Gasteiger charge is 2.16. The van der Waals surface area contributed by atoms with E-state index in [9.17, 15) is 9.59 Å². The second-order valence-corrected chi connectivity index (χ2v) is 6.32. The summed E-state index contributed by atoms with van der Waals surface area (Å²) >= 11 is 1.52. The fraction of sp³-hybridized carbons (Fsp3) is 0.312. The van der Waals surface area contributed by atoms with E-state index >= 15 is 0 Å². The van der Waals surface area contributed by atoms with Crippen molar-refractivity contribution in [2.75, 3.05) is 7.11 Å². The number of aromatic amines is 1. The molecule has 3 heterocycles. The Hall–Kier alpha value is -2.41. The number of furan rings is 1. The molecular weight excluding hydrogens is 316 g/mol. The van der Waals surface area contributed by atoms with Crippen molar-refractivity contribution in [2.45, 2.75) is 26.7 Å². The second kappa shape index (κ2) is 6.00. The molecule has 7 heteroatoms. The largest absolute Gasteiger partial charge is 0.463 e. The summed E-state index contributed by atoms with van der Waals surface area (Å²) in [6, 6.07) is 3.22. The third-order valence-electron chi connectivity index (χ3n) is 3.66. The number of thiophene rings is 1. The van der Waals surface area contributed by atoms with Gasteiger partial charge in [-0.05, 0) is 31.0 Å². The predicted molar refractivity (Wildman–Crippen MR) is 87.2 cm³/mol. The third-order valence-corrected chi connectivity index (χ3v) is 4.70. The number of ether oxygens (including phenoxy) is 1. The maximum atomic E-state index is 12.3. The Bertz CT molecular complexity index is 935. The van der Waals surface area contributed by atoms with Crippen LogP contribution in [-0.4, -0.2) is 23.0 Å². The van der Waals surface area contributed by atoms with Crippen LogP contribution >= 0.6 is 11.3 Å². The first-order chi connectivity index (χ1) is 11.0. The molecule has 0 fully saturated rings. The molecule has 0 radical (unpaired) electrons. The van der Waals surface area contributed by atoms with Crippen LogP contribution in [0.4, 0.5) is 0 Å². The van der Waals surface area contributed by atoms with E-state index < -0.39 is 5.97 Å². The van der Waals surface area contributed by atoms with Crippen LogP contribution < -0.4 is 5.56 Å². The van der Waals surface area contributed by atoms with Crippen LogP contribution in [0.1, 0.15) is 39.5 Å². The van der Waals surface area contributed by atoms with Crippen LogP contribution in [0.25, 0.3) is 10.2 Å². The molecule has 0 bridgehead atoms. The van der Waals surface area contributed by atoms with Crippen molar-refractivity contribution in [1.82, 2.24) is 9.97 Å². The molecular formula is C16H16N2O4S. The quantitative estimate of drug-likeness (QED) is 0.743. The molecule has 0 unspecified atom stereocenters. The zero-order chi connectivity index (χ0) is 16.6. The number of nitrogens with zero attached hydrogens (tertiary/aromatic N) is 1. The Labute approximate surface area is 136 Å². The molecule has 0 aliphatic carbocycles. The topological polar surface area (TPSA) is 85.2 Å². The maximum absolute atomic E-state index is 12.3. The highest BCUT2D eigenvalue weighted by atomic mass is 32.1. The number of hydrogen-bond acceptors (Lipinski definition) is 6. The lowest BCUT2D eigenvalue weighted by Gasteiger charge is -2.00. The Morgan fingerprint density at radius 2 is 2.22 bits per heavy atom. The molecule has 3 aromatic rings. The maximum Gasteiger partial charge on any atom is 0.373 e. The van der Waals surface area contributed by atoms with E-state index in [0.29, 0.717) is 23.4 Å². The van der Waals surface area contributed by atoms with Gasteiger partial charge in [0.25, 0.3) is 5.56 Å². The fourth-order valence-corrected chi connectivity index (χ4v) is 3.71. The highest BCUT2D eigenvalue weighted by molar-refractivity contribution is 7.18. The van der Waals surface area contributed by atoms with Gasteiger partial charge in [0, 0.05) is 4.88 Å². The van der Waals surface area contributed by atoms with E-state index in [1.807, 2.05) is 13.8 Å². The van der Waals surface area contributed by atoms with Gasteiger partial charge < -0.3 is 14.1 Å². The van der Waals surface area contributed by atoms with E-state index in [0.717, 1.165) is 21.7 Å². The SMILES string of the molecule is CCc1c(C)sc2nc(Cc3ccc(C(=O)OC)o3)[nH]c(=O)c12. The van der Waals surface area contributed by atoms with Gasteiger partial charge in [-0.25, -0.2) is 9.78 Å². The van der Waals surface area contributed by atoms with Gasteiger partial charge in [0.1, 0.15) is 16.4 Å². The summed E-state index contributed by atoms with van der Waals surface area (Å²) in [5.74, 6) is 0.648. The zero-order valence-electron chi connectivity index (χ0n) is 13.1. The minimum absolute atomic E-state index is 0.131. The number of aryl methyl sites for hydroxylation is 2. The number of fused-ring (bicyclic) bond motifs is 1. The van der Waals surface area contributed by atoms with E-state index in [1.165, 1.54) is 18.4 Å². The number of hydrogen-bond donors (Lipinski definition) is 1. The third kappa shape index (κ3) is 2.79. The number of carbonyl (C=O) groups is 1. The molecule has 0 aromatic carbocycles. The lowest BCUT2D eigenvalue weighted by molar-refractivity contribution is 0.0563. The summed E-state index contributed by atoms with van der Waals surface area (Å²) in [4.78, 5) is 32.9. The Morgan fingerprint density at radius 3 is 2.91 bits per heavy atom. The zero-order valence-corrected chi connectivity index (χ0v) is 13.9. The number of H-pyrrole nitrogens is 1. The van der Waals surface area contributed by atoms with Crippen molar-refractivity contribution in [1.29, 1.82) is 0 Å². The molecule has 0 aliphatic rings. The smallest absolute Gasteiger partial charge is 0.373 e. The van der Waals surface area contributed by atoms with Crippen molar-refractivity contribution in [2.24, 2.45) is 0 Å². The lowest BCUT2D eigenvalue weighted by atomic mass is 10.1. The summed E-state index contributed by atoms with van der Waals surface area (Å²) in [7, 11) is 1.29. The molecule has 23 heavy (non-hydrogen) atoms. The summed E-state index contributed by atoms with van der Waals surface area (Å²) in [6.45, 7) is 4.03. The fourth-order valence-electron chi connectivity index (χ4n) is 2.58. The first kappa shape index (κ1) is 15.5. The molecule has 0 atom stereocenters. The summed E-state index contributed by atoms with van der Waals surface area (Å²) in [5, 5.41) is 0.674. The van der Waals surface area contributed by atoms with Gasteiger partial charge in [0.15, 0.2) is 0 Å². The van der Waals surface area contributed by atoms with Gasteiger partial charge >= 0.3 is 5.97 Å². The van der Waals surface area contributed by atoms with Gasteiger partial charge in [-0.1, -0.05) is 6.92 Å². The molecule has 1 N–H and O–H groups in total. The molecule has 3 aromatic heterocycles. The minimum atomic E-state index is -0.533. The van der Waals surface area contributed by atoms with Crippen LogP contribution in [-0.2, 0) is 17.6 Å². The van der Waals surface area contributed by atoms with E-state index in [-0.39, 0.29) is 11.3 Å². The van der Waals surface area contributed by atoms with Gasteiger partial charge in [0.05, 0.1) is 18.9 Å². The predicted octanol–water partition coefficient (Wildman–Crippen LogP) is 2.83. The van der Waals surface area contributed by atoms with Crippen molar-refractivity contribution in [3.05, 3.63) is 50.3 Å². The van der Waals surface area contributed by atoms with Crippen LogP contribution in [0.5, 0.6) is 0 Å². The summed E-state index contributed by atoms with van der Waals surface area (Å²) in [6.07, 6.45) is 1.11. The number of esters is 1. The van der Waals surface area contributed by atoms with Crippen molar-refractivity contribution >= 4 is 27.5 Å². The van der Waals surface area contributed by atoms with Gasteiger partial charge in [-0.2, -0.15) is 0 Å². The lowest BCUT2D eigenvalue weighted by Crippen LogP contribution is -2.12. The van der Waals surface area contributed by atoms with Crippen LogP contribution in [0, 0.1) is 6.92 Å². The van der Waals surface area contributed by atoms with Crippen molar-refractivity contribution < 1.29 is 13.9 Å². The number of methoxy groups -OCH3 is 1. The molecule has 0 amide bonds. The Balaban J connectivity index is 1.96. The Kier molecular flexibility index (Phi) is 4.04. The van der Waals surface area contributed by atoms with E-state index in [4.69, 9.17) is 4.42 Å². The minimum Gasteiger partial charge on any atom is -0.463 e. The summed E-state index contributed by atoms with van der Waals surface area (Å²) in [5.41, 5.74) is 0.919. The van der Waals surface area contributed by atoms with Crippen LogP contribution in [0.15, 0.2) is 21.3 Å². The number of rotatable bonds is 4. The van der Waals surface area contributed by atoms with Crippen LogP contribution in [0.3, 0.4) is 0 Å². The molecule has 0 saturated carbocycles.